The van der Waals surface area contributed by atoms with Crippen molar-refractivity contribution in [2.45, 2.75) is 26.3 Å². The second-order valence-corrected chi connectivity index (χ2v) is 6.45. The molecule has 26 heavy (non-hydrogen) atoms. The maximum Gasteiger partial charge on any atom is 0.339 e. The molecule has 0 aliphatic rings. The van der Waals surface area contributed by atoms with Crippen molar-refractivity contribution in [3.05, 3.63) is 42.0 Å². The Morgan fingerprint density at radius 1 is 1.19 bits per heavy atom. The van der Waals surface area contributed by atoms with Gasteiger partial charge < -0.3 is 14.8 Å². The molecule has 1 N–H and O–H groups in total. The lowest BCUT2D eigenvalue weighted by Gasteiger charge is -2.27. The quantitative estimate of drug-likeness (QED) is 0.806. The summed E-state index contributed by atoms with van der Waals surface area (Å²) in [4.78, 5) is 24.5. The second kappa shape index (κ2) is 7.87. The lowest BCUT2D eigenvalue weighted by atomic mass is 9.90. The molecular formula is C20H22N2O4. The minimum absolute atomic E-state index is 0.0855. The van der Waals surface area contributed by atoms with Gasteiger partial charge in [0.15, 0.2) is 6.61 Å². The Balaban J connectivity index is 2.13. The van der Waals surface area contributed by atoms with Crippen LogP contribution >= 0.6 is 0 Å². The zero-order valence-electron chi connectivity index (χ0n) is 15.3. The summed E-state index contributed by atoms with van der Waals surface area (Å²) in [7, 11) is 1.56. The van der Waals surface area contributed by atoms with Crippen LogP contribution in [0, 0.1) is 17.2 Å². The third kappa shape index (κ3) is 3.94. The highest BCUT2D eigenvalue weighted by Crippen LogP contribution is 2.28. The van der Waals surface area contributed by atoms with Crippen molar-refractivity contribution in [3.63, 3.8) is 0 Å². The number of carbonyl (C=O) groups is 2. The van der Waals surface area contributed by atoms with E-state index in [2.05, 4.69) is 11.4 Å². The van der Waals surface area contributed by atoms with Crippen LogP contribution < -0.4 is 10.1 Å². The number of nitrogens with zero attached hydrogens (tertiary/aromatic N) is 1. The van der Waals surface area contributed by atoms with Crippen LogP contribution in [-0.2, 0) is 9.53 Å². The number of ether oxygens (including phenoxy) is 2. The molecule has 0 aliphatic carbocycles. The fraction of sp³-hybridized carbons (Fsp3) is 0.350. The van der Waals surface area contributed by atoms with Gasteiger partial charge in [0.25, 0.3) is 5.91 Å². The Morgan fingerprint density at radius 2 is 1.85 bits per heavy atom. The summed E-state index contributed by atoms with van der Waals surface area (Å²) < 4.78 is 10.4. The number of nitriles is 1. The fourth-order valence-electron chi connectivity index (χ4n) is 2.46. The van der Waals surface area contributed by atoms with E-state index in [4.69, 9.17) is 9.47 Å². The number of rotatable bonds is 6. The van der Waals surface area contributed by atoms with Crippen molar-refractivity contribution in [1.29, 1.82) is 5.26 Å². The third-order valence-corrected chi connectivity index (χ3v) is 4.44. The van der Waals surface area contributed by atoms with Crippen LogP contribution in [0.1, 0.15) is 31.1 Å². The predicted molar refractivity (Wildman–Crippen MR) is 97.8 cm³/mol. The van der Waals surface area contributed by atoms with E-state index in [0.717, 1.165) is 5.39 Å². The third-order valence-electron chi connectivity index (χ3n) is 4.44. The maximum absolute atomic E-state index is 12.4. The molecule has 0 saturated heterocycles. The minimum atomic E-state index is -1.02. The molecule has 1 amide bonds. The smallest absolute Gasteiger partial charge is 0.339 e. The van der Waals surface area contributed by atoms with Gasteiger partial charge in [-0.3, -0.25) is 4.79 Å². The Labute approximate surface area is 152 Å². The highest BCUT2D eigenvalue weighted by atomic mass is 16.5. The summed E-state index contributed by atoms with van der Waals surface area (Å²) in [6.07, 6.45) is 0. The largest absolute Gasteiger partial charge is 0.496 e. The number of nitrogens with one attached hydrogen (secondary N) is 1. The van der Waals surface area contributed by atoms with Crippen molar-refractivity contribution < 1.29 is 19.1 Å². The van der Waals surface area contributed by atoms with Crippen LogP contribution in [0.4, 0.5) is 0 Å². The van der Waals surface area contributed by atoms with Gasteiger partial charge in [0.1, 0.15) is 11.3 Å². The number of methoxy groups -OCH3 is 1. The number of hydrogen-bond acceptors (Lipinski definition) is 5. The van der Waals surface area contributed by atoms with Crippen LogP contribution in [-0.4, -0.2) is 31.1 Å². The molecule has 0 saturated carbocycles. The molecule has 0 unspecified atom stereocenters. The second-order valence-electron chi connectivity index (χ2n) is 6.45. The van der Waals surface area contributed by atoms with Gasteiger partial charge in [0, 0.05) is 5.39 Å². The molecule has 6 nitrogen and oxygen atoms in total. The van der Waals surface area contributed by atoms with Crippen LogP contribution in [0.15, 0.2) is 36.4 Å². The summed E-state index contributed by atoms with van der Waals surface area (Å²) in [5.41, 5.74) is -0.669. The predicted octanol–water partition coefficient (Wildman–Crippen LogP) is 3.06. The average Bonchev–Trinajstić information content (AvgIpc) is 2.64. The number of amides is 1. The van der Waals surface area contributed by atoms with Gasteiger partial charge in [0.2, 0.25) is 0 Å². The summed E-state index contributed by atoms with van der Waals surface area (Å²) >= 11 is 0. The first-order chi connectivity index (χ1) is 12.3. The van der Waals surface area contributed by atoms with Crippen molar-refractivity contribution in [2.75, 3.05) is 13.7 Å². The van der Waals surface area contributed by atoms with Gasteiger partial charge in [-0.1, -0.05) is 38.1 Å². The van der Waals surface area contributed by atoms with Gasteiger partial charge in [-0.15, -0.1) is 0 Å². The molecule has 0 aromatic heterocycles. The number of benzene rings is 2. The molecule has 0 bridgehead atoms. The molecule has 136 valence electrons. The molecule has 6 heteroatoms. The molecule has 0 heterocycles. The van der Waals surface area contributed by atoms with Crippen LogP contribution in [0.25, 0.3) is 10.8 Å². The van der Waals surface area contributed by atoms with E-state index in [-0.39, 0.29) is 5.92 Å². The molecule has 0 aliphatic heterocycles. The molecule has 2 rings (SSSR count). The number of fused-ring (bicyclic) bond motifs is 1. The molecular weight excluding hydrogens is 332 g/mol. The summed E-state index contributed by atoms with van der Waals surface area (Å²) in [6.45, 7) is 4.84. The summed E-state index contributed by atoms with van der Waals surface area (Å²) in [5.74, 6) is -0.564. The number of hydrogen-bond donors (Lipinski definition) is 1. The van der Waals surface area contributed by atoms with Crippen molar-refractivity contribution >= 4 is 22.6 Å². The first-order valence-corrected chi connectivity index (χ1v) is 8.27. The van der Waals surface area contributed by atoms with E-state index >= 15 is 0 Å². The van der Waals surface area contributed by atoms with Gasteiger partial charge in [-0.05, 0) is 30.4 Å². The van der Waals surface area contributed by atoms with Crippen molar-refractivity contribution in [1.82, 2.24) is 5.32 Å². The highest BCUT2D eigenvalue weighted by molar-refractivity contribution is 6.06. The first kappa shape index (κ1) is 19.3. The zero-order chi connectivity index (χ0) is 19.3. The van der Waals surface area contributed by atoms with E-state index in [9.17, 15) is 14.9 Å². The maximum atomic E-state index is 12.4. The Bertz CT molecular complexity index is 870. The lowest BCUT2D eigenvalue weighted by molar-refractivity contribution is -0.125. The van der Waals surface area contributed by atoms with E-state index < -0.39 is 24.0 Å². The van der Waals surface area contributed by atoms with Crippen LogP contribution in [0.3, 0.4) is 0 Å². The number of esters is 1. The molecule has 0 fully saturated rings. The van der Waals surface area contributed by atoms with E-state index in [1.54, 1.807) is 32.2 Å². The Kier molecular flexibility index (Phi) is 5.83. The normalized spacial score (nSPS) is 12.9. The van der Waals surface area contributed by atoms with Gasteiger partial charge >= 0.3 is 5.97 Å². The lowest BCUT2D eigenvalue weighted by Crippen LogP contribution is -2.50. The standard InChI is InChI=1S/C20H22N2O4/c1-13(2)20(3,12-21)22-18(23)11-26-19(24)16-9-10-17(25-4)15-8-6-5-7-14(15)16/h5-10,13H,11H2,1-4H3,(H,22,23)/t20-/m1/s1. The van der Waals surface area contributed by atoms with E-state index in [1.807, 2.05) is 32.0 Å². The molecule has 0 radical (unpaired) electrons. The van der Waals surface area contributed by atoms with Gasteiger partial charge in [-0.2, -0.15) is 5.26 Å². The van der Waals surface area contributed by atoms with Crippen molar-refractivity contribution in [3.8, 4) is 11.8 Å². The van der Waals surface area contributed by atoms with Crippen LogP contribution in [0.2, 0.25) is 0 Å². The van der Waals surface area contributed by atoms with Crippen LogP contribution in [0.5, 0.6) is 5.75 Å². The van der Waals surface area contributed by atoms with Gasteiger partial charge in [-0.25, -0.2) is 4.79 Å². The monoisotopic (exact) mass is 354 g/mol. The Morgan fingerprint density at radius 3 is 2.42 bits per heavy atom. The first-order valence-electron chi connectivity index (χ1n) is 8.27. The zero-order valence-corrected chi connectivity index (χ0v) is 15.3. The average molecular weight is 354 g/mol. The minimum Gasteiger partial charge on any atom is -0.496 e. The molecule has 0 spiro atoms. The van der Waals surface area contributed by atoms with Gasteiger partial charge in [0.05, 0.1) is 18.7 Å². The molecule has 1 atom stereocenters. The van der Waals surface area contributed by atoms with Crippen molar-refractivity contribution in [2.24, 2.45) is 5.92 Å². The SMILES string of the molecule is COc1ccc(C(=O)OCC(=O)N[C@](C)(C#N)C(C)C)c2ccccc12. The fourth-order valence-corrected chi connectivity index (χ4v) is 2.46. The number of carbonyl (C=O) groups excluding carboxylic acids is 2. The molecule has 2 aromatic carbocycles. The highest BCUT2D eigenvalue weighted by Gasteiger charge is 2.30. The summed E-state index contributed by atoms with van der Waals surface area (Å²) in [6, 6.07) is 12.7. The topological polar surface area (TPSA) is 88.4 Å². The summed E-state index contributed by atoms with van der Waals surface area (Å²) in [5, 5.41) is 13.3. The molecule has 2 aromatic rings. The van der Waals surface area contributed by atoms with E-state index in [1.165, 1.54) is 0 Å². The Hall–Kier alpha value is -3.07. The van der Waals surface area contributed by atoms with E-state index in [0.29, 0.717) is 16.7 Å².